The van der Waals surface area contributed by atoms with E-state index < -0.39 is 0 Å². The average Bonchev–Trinajstić information content (AvgIpc) is 2.83. The molecular formula is C13H10N2O2. The second-order valence-corrected chi connectivity index (χ2v) is 3.26. The van der Waals surface area contributed by atoms with Gasteiger partial charge in [0.2, 0.25) is 0 Å². The first-order valence-electron chi connectivity index (χ1n) is 5.05. The standard InChI is InChI=1S/C13H10N2O2/c16-10-13-14-6-7-15(13)8-9-17-11-12-4-2-1-3-5-12/h1-7,10H,11H2. The number of imidazole rings is 1. The molecule has 4 heteroatoms. The highest BCUT2D eigenvalue weighted by atomic mass is 16.5. The van der Waals surface area contributed by atoms with Gasteiger partial charge in [-0.15, -0.1) is 0 Å². The van der Waals surface area contributed by atoms with Gasteiger partial charge < -0.3 is 4.74 Å². The number of benzene rings is 1. The molecule has 2 rings (SSSR count). The SMILES string of the molecule is O=Cc1nccn1C#COCc1ccccc1. The van der Waals surface area contributed by atoms with E-state index >= 15 is 0 Å². The molecule has 0 fully saturated rings. The van der Waals surface area contributed by atoms with Crippen LogP contribution in [0.25, 0.3) is 0 Å². The third-order valence-electron chi connectivity index (χ3n) is 2.09. The summed E-state index contributed by atoms with van der Waals surface area (Å²) in [6.07, 6.45) is 6.28. The van der Waals surface area contributed by atoms with E-state index in [1.54, 1.807) is 6.20 Å². The maximum absolute atomic E-state index is 10.6. The second-order valence-electron chi connectivity index (χ2n) is 3.26. The molecule has 0 aliphatic rings. The molecular weight excluding hydrogens is 216 g/mol. The third kappa shape index (κ3) is 2.95. The maximum atomic E-state index is 10.6. The first-order chi connectivity index (χ1) is 8.40. The van der Waals surface area contributed by atoms with E-state index in [0.717, 1.165) is 5.56 Å². The van der Waals surface area contributed by atoms with E-state index in [4.69, 9.17) is 4.74 Å². The molecule has 0 bridgehead atoms. The number of hydrogen-bond donors (Lipinski definition) is 0. The fourth-order valence-electron chi connectivity index (χ4n) is 1.27. The fraction of sp³-hybridized carbons (Fsp3) is 0.0769. The summed E-state index contributed by atoms with van der Waals surface area (Å²) in [5.74, 6) is 0.265. The predicted octanol–water partition coefficient (Wildman–Crippen LogP) is 1.68. The first kappa shape index (κ1) is 11.0. The van der Waals surface area contributed by atoms with Gasteiger partial charge in [0, 0.05) is 12.4 Å². The average molecular weight is 226 g/mol. The van der Waals surface area contributed by atoms with Crippen LogP contribution >= 0.6 is 0 Å². The molecule has 0 saturated heterocycles. The van der Waals surface area contributed by atoms with Gasteiger partial charge in [-0.2, -0.15) is 0 Å². The van der Waals surface area contributed by atoms with Crippen molar-refractivity contribution in [2.75, 3.05) is 0 Å². The number of carbonyl (C=O) groups is 1. The van der Waals surface area contributed by atoms with Crippen molar-refractivity contribution in [1.82, 2.24) is 9.55 Å². The Bertz CT molecular complexity index is 550. The number of carbonyl (C=O) groups excluding carboxylic acids is 1. The number of aromatic nitrogens is 2. The molecule has 0 unspecified atom stereocenters. The normalized spacial score (nSPS) is 9.18. The van der Waals surface area contributed by atoms with Crippen LogP contribution in [0.3, 0.4) is 0 Å². The number of rotatable bonds is 3. The summed E-state index contributed by atoms with van der Waals surface area (Å²) in [6, 6.07) is 12.4. The number of hydrogen-bond acceptors (Lipinski definition) is 3. The molecule has 0 aliphatic heterocycles. The third-order valence-corrected chi connectivity index (χ3v) is 2.09. The molecule has 1 aromatic heterocycles. The molecule has 84 valence electrons. The van der Waals surface area contributed by atoms with Gasteiger partial charge >= 0.3 is 0 Å². The van der Waals surface area contributed by atoms with Crippen molar-refractivity contribution in [3.05, 3.63) is 54.1 Å². The van der Waals surface area contributed by atoms with Crippen molar-refractivity contribution in [3.8, 4) is 12.2 Å². The molecule has 1 aromatic carbocycles. The summed E-state index contributed by atoms with van der Waals surface area (Å²) in [5, 5.41) is 0. The lowest BCUT2D eigenvalue weighted by Crippen LogP contribution is -1.95. The van der Waals surface area contributed by atoms with E-state index in [1.165, 1.54) is 10.8 Å². The largest absolute Gasteiger partial charge is 0.440 e. The van der Waals surface area contributed by atoms with Crippen molar-refractivity contribution in [2.45, 2.75) is 6.61 Å². The molecule has 0 N–H and O–H groups in total. The number of ether oxygens (including phenoxy) is 1. The highest BCUT2D eigenvalue weighted by Crippen LogP contribution is 1.99. The zero-order valence-electron chi connectivity index (χ0n) is 9.04. The monoisotopic (exact) mass is 226 g/mol. The maximum Gasteiger partial charge on any atom is 0.186 e. The molecule has 0 aliphatic carbocycles. The van der Waals surface area contributed by atoms with Gasteiger partial charge in [0.1, 0.15) is 12.7 Å². The second kappa shape index (κ2) is 5.52. The van der Waals surface area contributed by atoms with E-state index in [-0.39, 0.29) is 5.82 Å². The topological polar surface area (TPSA) is 44.1 Å². The van der Waals surface area contributed by atoms with E-state index in [1.807, 2.05) is 30.3 Å². The van der Waals surface area contributed by atoms with Gasteiger partial charge in [-0.3, -0.25) is 9.36 Å². The molecule has 17 heavy (non-hydrogen) atoms. The Hall–Kier alpha value is -2.54. The van der Waals surface area contributed by atoms with E-state index in [0.29, 0.717) is 12.9 Å². The minimum atomic E-state index is 0.265. The summed E-state index contributed by atoms with van der Waals surface area (Å²) in [6.45, 7) is 0.416. The van der Waals surface area contributed by atoms with Crippen molar-refractivity contribution < 1.29 is 9.53 Å². The van der Waals surface area contributed by atoms with E-state index in [2.05, 4.69) is 17.1 Å². The lowest BCUT2D eigenvalue weighted by Gasteiger charge is -1.97. The smallest absolute Gasteiger partial charge is 0.186 e. The Balaban J connectivity index is 1.93. The van der Waals surface area contributed by atoms with Gasteiger partial charge in [0.25, 0.3) is 0 Å². The quantitative estimate of drug-likeness (QED) is 0.590. The zero-order valence-corrected chi connectivity index (χ0v) is 9.04. The molecule has 0 spiro atoms. The Labute approximate surface area is 98.9 Å². The van der Waals surface area contributed by atoms with Crippen LogP contribution in [0.4, 0.5) is 0 Å². The lowest BCUT2D eigenvalue weighted by atomic mass is 10.2. The minimum absolute atomic E-state index is 0.265. The van der Waals surface area contributed by atoms with Crippen LogP contribution in [0.15, 0.2) is 42.7 Å². The zero-order chi connectivity index (χ0) is 11.9. The van der Waals surface area contributed by atoms with Gasteiger partial charge in [-0.25, -0.2) is 4.98 Å². The summed E-state index contributed by atoms with van der Waals surface area (Å²) < 4.78 is 6.58. The summed E-state index contributed by atoms with van der Waals surface area (Å²) >= 11 is 0. The predicted molar refractivity (Wildman–Crippen MR) is 62.0 cm³/mol. The van der Waals surface area contributed by atoms with Crippen LogP contribution in [0.2, 0.25) is 0 Å². The summed E-state index contributed by atoms with van der Waals surface area (Å²) in [7, 11) is 0. The van der Waals surface area contributed by atoms with Crippen LogP contribution < -0.4 is 0 Å². The number of aldehydes is 1. The van der Waals surface area contributed by atoms with Crippen molar-refractivity contribution in [2.24, 2.45) is 0 Å². The van der Waals surface area contributed by atoms with Crippen molar-refractivity contribution in [1.29, 1.82) is 0 Å². The minimum Gasteiger partial charge on any atom is -0.440 e. The molecule has 0 amide bonds. The van der Waals surface area contributed by atoms with Crippen LogP contribution in [-0.4, -0.2) is 15.8 Å². The van der Waals surface area contributed by atoms with Gasteiger partial charge in [-0.05, 0) is 5.56 Å². The van der Waals surface area contributed by atoms with Crippen LogP contribution in [0.5, 0.6) is 0 Å². The summed E-state index contributed by atoms with van der Waals surface area (Å²) in [4.78, 5) is 14.4. The van der Waals surface area contributed by atoms with Gasteiger partial charge in [0.05, 0.1) is 6.04 Å². The number of nitrogens with zero attached hydrogens (tertiary/aromatic N) is 2. The molecule has 0 saturated carbocycles. The van der Waals surface area contributed by atoms with Crippen LogP contribution in [0, 0.1) is 12.2 Å². The Morgan fingerprint density at radius 3 is 2.94 bits per heavy atom. The molecule has 0 radical (unpaired) electrons. The highest BCUT2D eigenvalue weighted by molar-refractivity contribution is 5.69. The Kier molecular flexibility index (Phi) is 3.56. The fourth-order valence-corrected chi connectivity index (χ4v) is 1.27. The van der Waals surface area contributed by atoms with Crippen LogP contribution in [-0.2, 0) is 11.3 Å². The molecule has 1 heterocycles. The molecule has 2 aromatic rings. The van der Waals surface area contributed by atoms with Crippen molar-refractivity contribution >= 4 is 6.29 Å². The Morgan fingerprint density at radius 2 is 2.18 bits per heavy atom. The van der Waals surface area contributed by atoms with Gasteiger partial charge in [-0.1, -0.05) is 30.3 Å². The lowest BCUT2D eigenvalue weighted by molar-refractivity contribution is 0.111. The summed E-state index contributed by atoms with van der Waals surface area (Å²) in [5.41, 5.74) is 1.04. The Morgan fingerprint density at radius 1 is 1.35 bits per heavy atom. The molecule has 4 nitrogen and oxygen atoms in total. The van der Waals surface area contributed by atoms with Crippen molar-refractivity contribution in [3.63, 3.8) is 0 Å². The molecule has 0 atom stereocenters. The first-order valence-corrected chi connectivity index (χ1v) is 5.05. The van der Waals surface area contributed by atoms with Crippen LogP contribution in [0.1, 0.15) is 16.2 Å². The van der Waals surface area contributed by atoms with E-state index in [9.17, 15) is 4.79 Å². The highest BCUT2D eigenvalue weighted by Gasteiger charge is 1.96. The van der Waals surface area contributed by atoms with Gasteiger partial charge in [0.15, 0.2) is 12.1 Å².